The van der Waals surface area contributed by atoms with E-state index in [1.54, 1.807) is 0 Å². The van der Waals surface area contributed by atoms with Gasteiger partial charge in [-0.1, -0.05) is 22.0 Å². The molecule has 0 atom stereocenters. The zero-order valence-electron chi connectivity index (χ0n) is 12.7. The Morgan fingerprint density at radius 2 is 1.67 bits per heavy atom. The van der Waals surface area contributed by atoms with Crippen molar-refractivity contribution in [1.29, 1.82) is 0 Å². The molecule has 21 heavy (non-hydrogen) atoms. The molecule has 2 N–H and O–H groups in total. The third-order valence-corrected chi connectivity index (χ3v) is 4.63. The highest BCUT2D eigenvalue weighted by Gasteiger charge is 2.12. The molecule has 0 saturated heterocycles. The van der Waals surface area contributed by atoms with E-state index in [2.05, 4.69) is 26.6 Å². The molecule has 0 aliphatic rings. The lowest BCUT2D eigenvalue weighted by Crippen LogP contribution is -2.14. The van der Waals surface area contributed by atoms with Crippen LogP contribution in [0.3, 0.4) is 0 Å². The highest BCUT2D eigenvalue weighted by Crippen LogP contribution is 2.26. The van der Waals surface area contributed by atoms with Gasteiger partial charge >= 0.3 is 0 Å². The number of aryl methyl sites for hydroxylation is 3. The second-order valence-electron chi connectivity index (χ2n) is 5.18. The molecule has 0 unspecified atom stereocenters. The average molecular weight is 347 g/mol. The second-order valence-corrected chi connectivity index (χ2v) is 5.97. The first kappa shape index (κ1) is 15.6. The van der Waals surface area contributed by atoms with Crippen LogP contribution in [-0.4, -0.2) is 13.0 Å². The summed E-state index contributed by atoms with van der Waals surface area (Å²) < 4.78 is 1.08. The molecule has 4 heteroatoms. The van der Waals surface area contributed by atoms with E-state index in [-0.39, 0.29) is 5.91 Å². The van der Waals surface area contributed by atoms with Gasteiger partial charge in [0.05, 0.1) is 5.56 Å². The molecule has 0 bridgehead atoms. The van der Waals surface area contributed by atoms with Crippen molar-refractivity contribution in [1.82, 2.24) is 0 Å². The fourth-order valence-electron chi connectivity index (χ4n) is 2.28. The molecule has 2 rings (SSSR count). The van der Waals surface area contributed by atoms with Crippen LogP contribution >= 0.6 is 15.9 Å². The van der Waals surface area contributed by atoms with E-state index in [0.717, 1.165) is 32.5 Å². The Morgan fingerprint density at radius 3 is 2.24 bits per heavy atom. The lowest BCUT2D eigenvalue weighted by Gasteiger charge is -2.12. The van der Waals surface area contributed by atoms with Crippen LogP contribution in [0.15, 0.2) is 34.8 Å². The molecule has 2 aromatic rings. The number of hydrogen-bond acceptors (Lipinski definition) is 2. The molecule has 0 aliphatic carbocycles. The van der Waals surface area contributed by atoms with Crippen LogP contribution in [0.2, 0.25) is 0 Å². The molecule has 0 aliphatic heterocycles. The maximum Gasteiger partial charge on any atom is 0.257 e. The number of nitrogens with one attached hydrogen (secondary N) is 2. The Hall–Kier alpha value is -1.81. The van der Waals surface area contributed by atoms with Crippen LogP contribution in [0.1, 0.15) is 27.0 Å². The van der Waals surface area contributed by atoms with Crippen molar-refractivity contribution < 1.29 is 4.79 Å². The van der Waals surface area contributed by atoms with Crippen molar-refractivity contribution in [3.05, 3.63) is 57.1 Å². The Labute approximate surface area is 133 Å². The molecule has 0 saturated carbocycles. The quantitative estimate of drug-likeness (QED) is 0.847. The van der Waals surface area contributed by atoms with Crippen LogP contribution in [0.25, 0.3) is 0 Å². The minimum absolute atomic E-state index is 0.111. The van der Waals surface area contributed by atoms with E-state index in [1.807, 2.05) is 58.2 Å². The molecule has 1 amide bonds. The monoisotopic (exact) mass is 346 g/mol. The SMILES string of the molecule is CNc1cc(C)ccc1C(=O)Nc1cc(C)c(Br)c(C)c1. The topological polar surface area (TPSA) is 41.1 Å². The molecule has 0 aromatic heterocycles. The number of benzene rings is 2. The van der Waals surface area contributed by atoms with Crippen LogP contribution in [0.5, 0.6) is 0 Å². The summed E-state index contributed by atoms with van der Waals surface area (Å²) in [6.07, 6.45) is 0. The molecule has 0 fully saturated rings. The summed E-state index contributed by atoms with van der Waals surface area (Å²) in [7, 11) is 1.82. The van der Waals surface area contributed by atoms with E-state index in [9.17, 15) is 4.79 Å². The van der Waals surface area contributed by atoms with Gasteiger partial charge in [0.15, 0.2) is 0 Å². The standard InChI is InChI=1S/C17H19BrN2O/c1-10-5-6-14(15(7-10)19-4)17(21)20-13-8-11(2)16(18)12(3)9-13/h5-9,19H,1-4H3,(H,20,21). The van der Waals surface area contributed by atoms with Gasteiger partial charge in [-0.25, -0.2) is 0 Å². The number of anilines is 2. The number of amides is 1. The number of carbonyl (C=O) groups excluding carboxylic acids is 1. The number of carbonyl (C=O) groups is 1. The van der Waals surface area contributed by atoms with E-state index in [1.165, 1.54) is 0 Å². The van der Waals surface area contributed by atoms with Crippen molar-refractivity contribution in [2.24, 2.45) is 0 Å². The van der Waals surface area contributed by atoms with E-state index < -0.39 is 0 Å². The van der Waals surface area contributed by atoms with Gasteiger partial charge in [0, 0.05) is 22.9 Å². The van der Waals surface area contributed by atoms with Crippen LogP contribution < -0.4 is 10.6 Å². The molecule has 0 heterocycles. The van der Waals surface area contributed by atoms with Gasteiger partial charge in [-0.2, -0.15) is 0 Å². The van der Waals surface area contributed by atoms with Gasteiger partial charge in [0.25, 0.3) is 5.91 Å². The third-order valence-electron chi connectivity index (χ3n) is 3.38. The zero-order chi connectivity index (χ0) is 15.6. The van der Waals surface area contributed by atoms with Crippen molar-refractivity contribution in [3.63, 3.8) is 0 Å². The minimum Gasteiger partial charge on any atom is -0.387 e. The maximum atomic E-state index is 12.4. The predicted octanol–water partition coefficient (Wildman–Crippen LogP) is 4.67. The normalized spacial score (nSPS) is 10.3. The van der Waals surface area contributed by atoms with E-state index >= 15 is 0 Å². The van der Waals surface area contributed by atoms with Gasteiger partial charge in [-0.05, 0) is 61.7 Å². The molecule has 0 spiro atoms. The lowest BCUT2D eigenvalue weighted by atomic mass is 10.1. The molecule has 3 nitrogen and oxygen atoms in total. The highest BCUT2D eigenvalue weighted by atomic mass is 79.9. The predicted molar refractivity (Wildman–Crippen MR) is 92.3 cm³/mol. The minimum atomic E-state index is -0.111. The summed E-state index contributed by atoms with van der Waals surface area (Å²) >= 11 is 3.53. The van der Waals surface area contributed by atoms with Crippen molar-refractivity contribution in [2.45, 2.75) is 20.8 Å². The second kappa shape index (κ2) is 6.31. The first-order chi connectivity index (χ1) is 9.92. The first-order valence-electron chi connectivity index (χ1n) is 6.79. The number of halogens is 1. The van der Waals surface area contributed by atoms with Gasteiger partial charge in [-0.3, -0.25) is 4.79 Å². The summed E-state index contributed by atoms with van der Waals surface area (Å²) in [5.74, 6) is -0.111. The summed E-state index contributed by atoms with van der Waals surface area (Å²) in [6, 6.07) is 9.67. The van der Waals surface area contributed by atoms with E-state index in [0.29, 0.717) is 5.56 Å². The number of hydrogen-bond donors (Lipinski definition) is 2. The fraction of sp³-hybridized carbons (Fsp3) is 0.235. The first-order valence-corrected chi connectivity index (χ1v) is 7.58. The summed E-state index contributed by atoms with van der Waals surface area (Å²) in [4.78, 5) is 12.4. The lowest BCUT2D eigenvalue weighted by molar-refractivity contribution is 0.102. The zero-order valence-corrected chi connectivity index (χ0v) is 14.3. The largest absolute Gasteiger partial charge is 0.387 e. The smallest absolute Gasteiger partial charge is 0.257 e. The average Bonchev–Trinajstić information content (AvgIpc) is 2.44. The van der Waals surface area contributed by atoms with Crippen LogP contribution in [0.4, 0.5) is 11.4 Å². The summed E-state index contributed by atoms with van der Waals surface area (Å²) in [6.45, 7) is 6.03. The Bertz CT molecular complexity index is 672. The van der Waals surface area contributed by atoms with Crippen LogP contribution in [0, 0.1) is 20.8 Å². The van der Waals surface area contributed by atoms with E-state index in [4.69, 9.17) is 0 Å². The summed E-state index contributed by atoms with van der Waals surface area (Å²) in [5, 5.41) is 6.03. The highest BCUT2D eigenvalue weighted by molar-refractivity contribution is 9.10. The van der Waals surface area contributed by atoms with Crippen LogP contribution in [-0.2, 0) is 0 Å². The van der Waals surface area contributed by atoms with Gasteiger partial charge in [0.1, 0.15) is 0 Å². The maximum absolute atomic E-state index is 12.4. The molecule has 2 aromatic carbocycles. The van der Waals surface area contributed by atoms with Gasteiger partial charge < -0.3 is 10.6 Å². The molecule has 0 radical (unpaired) electrons. The molecule has 110 valence electrons. The fourth-order valence-corrected chi connectivity index (χ4v) is 2.51. The Balaban J connectivity index is 2.30. The molecular weight excluding hydrogens is 328 g/mol. The Kier molecular flexibility index (Phi) is 4.68. The van der Waals surface area contributed by atoms with Gasteiger partial charge in [-0.15, -0.1) is 0 Å². The number of rotatable bonds is 3. The Morgan fingerprint density at radius 1 is 1.05 bits per heavy atom. The van der Waals surface area contributed by atoms with Gasteiger partial charge in [0.2, 0.25) is 0 Å². The third kappa shape index (κ3) is 3.45. The van der Waals surface area contributed by atoms with Crippen molar-refractivity contribution >= 4 is 33.2 Å². The summed E-state index contributed by atoms with van der Waals surface area (Å²) in [5.41, 5.74) is 5.59. The van der Waals surface area contributed by atoms with Crippen molar-refractivity contribution in [3.8, 4) is 0 Å². The van der Waals surface area contributed by atoms with Crippen molar-refractivity contribution in [2.75, 3.05) is 17.7 Å². The molecular formula is C17H19BrN2O.